The number of halogens is 1. The summed E-state index contributed by atoms with van der Waals surface area (Å²) in [4.78, 5) is 1.24. The molecular formula is C10H16ClNOS2. The van der Waals surface area contributed by atoms with Crippen LogP contribution in [0.25, 0.3) is 0 Å². The highest BCUT2D eigenvalue weighted by molar-refractivity contribution is 7.98. The van der Waals surface area contributed by atoms with Gasteiger partial charge in [0, 0.05) is 29.8 Å². The van der Waals surface area contributed by atoms with Gasteiger partial charge >= 0.3 is 0 Å². The van der Waals surface area contributed by atoms with E-state index < -0.39 is 0 Å². The molecule has 0 aromatic carbocycles. The van der Waals surface area contributed by atoms with Crippen molar-refractivity contribution >= 4 is 34.7 Å². The van der Waals surface area contributed by atoms with Crippen LogP contribution in [0.3, 0.4) is 0 Å². The SMILES string of the molecule is CSCC(CCO)NCc1ccc(Cl)s1. The van der Waals surface area contributed by atoms with Crippen molar-refractivity contribution < 1.29 is 5.11 Å². The summed E-state index contributed by atoms with van der Waals surface area (Å²) in [6.45, 7) is 1.08. The number of hydrogen-bond acceptors (Lipinski definition) is 4. The fraction of sp³-hybridized carbons (Fsp3) is 0.600. The number of thioether (sulfide) groups is 1. The third-order valence-corrected chi connectivity index (χ3v) is 4.01. The Morgan fingerprint density at radius 3 is 2.93 bits per heavy atom. The third-order valence-electron chi connectivity index (χ3n) is 2.04. The molecule has 0 aliphatic carbocycles. The molecule has 0 spiro atoms. The van der Waals surface area contributed by atoms with Crippen molar-refractivity contribution in [1.82, 2.24) is 5.32 Å². The van der Waals surface area contributed by atoms with Gasteiger partial charge in [-0.3, -0.25) is 0 Å². The number of hydrogen-bond donors (Lipinski definition) is 2. The summed E-state index contributed by atoms with van der Waals surface area (Å²) >= 11 is 9.24. The summed E-state index contributed by atoms with van der Waals surface area (Å²) < 4.78 is 0.829. The molecule has 2 nitrogen and oxygen atoms in total. The fourth-order valence-electron chi connectivity index (χ4n) is 1.29. The van der Waals surface area contributed by atoms with Gasteiger partial charge in [0.15, 0.2) is 0 Å². The van der Waals surface area contributed by atoms with Gasteiger partial charge in [0.25, 0.3) is 0 Å². The van der Waals surface area contributed by atoms with Crippen molar-refractivity contribution in [3.8, 4) is 0 Å². The summed E-state index contributed by atoms with van der Waals surface area (Å²) in [7, 11) is 0. The molecule has 1 unspecified atom stereocenters. The van der Waals surface area contributed by atoms with E-state index in [0.717, 1.165) is 23.1 Å². The topological polar surface area (TPSA) is 32.3 Å². The van der Waals surface area contributed by atoms with Crippen LogP contribution in [0.15, 0.2) is 12.1 Å². The molecule has 0 fully saturated rings. The zero-order valence-electron chi connectivity index (χ0n) is 8.70. The maximum atomic E-state index is 8.90. The van der Waals surface area contributed by atoms with E-state index in [1.54, 1.807) is 23.1 Å². The van der Waals surface area contributed by atoms with Crippen LogP contribution < -0.4 is 5.32 Å². The van der Waals surface area contributed by atoms with E-state index >= 15 is 0 Å². The van der Waals surface area contributed by atoms with E-state index in [2.05, 4.69) is 11.6 Å². The molecule has 2 N–H and O–H groups in total. The summed E-state index contributed by atoms with van der Waals surface area (Å²) in [5, 5.41) is 12.3. The van der Waals surface area contributed by atoms with Gasteiger partial charge < -0.3 is 10.4 Å². The molecule has 5 heteroatoms. The first kappa shape index (κ1) is 13.3. The summed E-state index contributed by atoms with van der Waals surface area (Å²) in [5.74, 6) is 1.03. The maximum absolute atomic E-state index is 8.90. The van der Waals surface area contributed by atoms with Crippen molar-refractivity contribution in [2.45, 2.75) is 19.0 Å². The lowest BCUT2D eigenvalue weighted by atomic mass is 10.2. The molecule has 1 atom stereocenters. The quantitative estimate of drug-likeness (QED) is 0.795. The third kappa shape index (κ3) is 5.22. The van der Waals surface area contributed by atoms with Crippen molar-refractivity contribution in [3.05, 3.63) is 21.3 Å². The molecule has 1 aromatic heterocycles. The number of thiophene rings is 1. The molecule has 1 heterocycles. The van der Waals surface area contributed by atoms with Gasteiger partial charge in [-0.15, -0.1) is 11.3 Å². The fourth-order valence-corrected chi connectivity index (χ4v) is 3.02. The van der Waals surface area contributed by atoms with E-state index in [4.69, 9.17) is 16.7 Å². The largest absolute Gasteiger partial charge is 0.396 e. The van der Waals surface area contributed by atoms with Crippen LogP contribution in [0.4, 0.5) is 0 Å². The first-order chi connectivity index (χ1) is 7.26. The Labute approximate surface area is 104 Å². The maximum Gasteiger partial charge on any atom is 0.0931 e. The van der Waals surface area contributed by atoms with E-state index in [1.165, 1.54) is 4.88 Å². The summed E-state index contributed by atoms with van der Waals surface area (Å²) in [6, 6.07) is 4.33. The summed E-state index contributed by atoms with van der Waals surface area (Å²) in [6.07, 6.45) is 2.88. The Morgan fingerprint density at radius 2 is 2.40 bits per heavy atom. The molecule has 0 amide bonds. The lowest BCUT2D eigenvalue weighted by Gasteiger charge is -2.15. The van der Waals surface area contributed by atoms with Gasteiger partial charge in [-0.05, 0) is 24.8 Å². The second kappa shape index (κ2) is 7.52. The molecule has 0 saturated heterocycles. The van der Waals surface area contributed by atoms with Crippen LogP contribution in [0.2, 0.25) is 4.34 Å². The Morgan fingerprint density at radius 1 is 1.60 bits per heavy atom. The minimum Gasteiger partial charge on any atom is -0.396 e. The first-order valence-corrected chi connectivity index (χ1v) is 7.42. The highest BCUT2D eigenvalue weighted by Crippen LogP contribution is 2.21. The molecule has 1 aromatic rings. The smallest absolute Gasteiger partial charge is 0.0931 e. The van der Waals surface area contributed by atoms with Gasteiger partial charge in [0.2, 0.25) is 0 Å². The number of aliphatic hydroxyl groups is 1. The van der Waals surface area contributed by atoms with Crippen LogP contribution in [0.1, 0.15) is 11.3 Å². The highest BCUT2D eigenvalue weighted by Gasteiger charge is 2.07. The van der Waals surface area contributed by atoms with Crippen LogP contribution >= 0.6 is 34.7 Å². The monoisotopic (exact) mass is 265 g/mol. The van der Waals surface area contributed by atoms with E-state index in [0.29, 0.717) is 6.04 Å². The van der Waals surface area contributed by atoms with E-state index in [1.807, 2.05) is 12.1 Å². The minimum atomic E-state index is 0.240. The minimum absolute atomic E-state index is 0.240. The molecule has 0 saturated carbocycles. The van der Waals surface area contributed by atoms with Crippen molar-refractivity contribution in [1.29, 1.82) is 0 Å². The van der Waals surface area contributed by atoms with Gasteiger partial charge in [0.05, 0.1) is 4.34 Å². The predicted octanol–water partition coefficient (Wildman–Crippen LogP) is 2.61. The van der Waals surface area contributed by atoms with Crippen LogP contribution in [0, 0.1) is 0 Å². The molecule has 1 rings (SSSR count). The Kier molecular flexibility index (Phi) is 6.68. The molecular weight excluding hydrogens is 250 g/mol. The van der Waals surface area contributed by atoms with Gasteiger partial charge in [-0.25, -0.2) is 0 Å². The van der Waals surface area contributed by atoms with Crippen LogP contribution in [-0.4, -0.2) is 29.8 Å². The molecule has 0 aliphatic rings. The lowest BCUT2D eigenvalue weighted by molar-refractivity contribution is 0.270. The van der Waals surface area contributed by atoms with E-state index in [9.17, 15) is 0 Å². The lowest BCUT2D eigenvalue weighted by Crippen LogP contribution is -2.31. The van der Waals surface area contributed by atoms with Gasteiger partial charge in [-0.1, -0.05) is 11.6 Å². The predicted molar refractivity (Wildman–Crippen MR) is 70.0 cm³/mol. The Balaban J connectivity index is 2.32. The zero-order valence-corrected chi connectivity index (χ0v) is 11.1. The number of nitrogens with one attached hydrogen (secondary N) is 1. The van der Waals surface area contributed by atoms with Gasteiger partial charge in [-0.2, -0.15) is 11.8 Å². The summed E-state index contributed by atoms with van der Waals surface area (Å²) in [5.41, 5.74) is 0. The second-order valence-corrected chi connectivity index (χ2v) is 5.96. The van der Waals surface area contributed by atoms with E-state index in [-0.39, 0.29) is 6.61 Å². The standard InChI is InChI=1S/C10H16ClNOS2/c1-14-7-8(4-5-13)12-6-9-2-3-10(11)15-9/h2-3,8,12-13H,4-7H2,1H3. The molecule has 0 radical (unpaired) electrons. The normalized spacial score (nSPS) is 13.0. The average molecular weight is 266 g/mol. The van der Waals surface area contributed by atoms with Crippen LogP contribution in [-0.2, 0) is 6.54 Å². The molecule has 15 heavy (non-hydrogen) atoms. The number of aliphatic hydroxyl groups excluding tert-OH is 1. The molecule has 0 aliphatic heterocycles. The van der Waals surface area contributed by atoms with Crippen LogP contribution in [0.5, 0.6) is 0 Å². The van der Waals surface area contributed by atoms with Crippen molar-refractivity contribution in [2.75, 3.05) is 18.6 Å². The van der Waals surface area contributed by atoms with Crippen molar-refractivity contribution in [2.24, 2.45) is 0 Å². The average Bonchev–Trinajstić information content (AvgIpc) is 2.61. The van der Waals surface area contributed by atoms with Crippen molar-refractivity contribution in [3.63, 3.8) is 0 Å². The molecule has 86 valence electrons. The Hall–Kier alpha value is 0.260. The van der Waals surface area contributed by atoms with Gasteiger partial charge in [0.1, 0.15) is 0 Å². The zero-order chi connectivity index (χ0) is 11.1. The number of rotatable bonds is 7. The Bertz CT molecular complexity index is 274. The molecule has 0 bridgehead atoms. The second-order valence-electron chi connectivity index (χ2n) is 3.25. The first-order valence-electron chi connectivity index (χ1n) is 4.83. The highest BCUT2D eigenvalue weighted by atomic mass is 35.5.